The van der Waals surface area contributed by atoms with E-state index in [0.29, 0.717) is 0 Å². The van der Waals surface area contributed by atoms with E-state index in [4.69, 9.17) is 4.84 Å². The number of nitrogens with one attached hydrogen (secondary N) is 1. The maximum absolute atomic E-state index is 13.0. The zero-order valence-corrected chi connectivity index (χ0v) is 10.7. The van der Waals surface area contributed by atoms with Crippen LogP contribution in [0.3, 0.4) is 0 Å². The Balaban J connectivity index is 1.99. The minimum Gasteiger partial charge on any atom is -0.282 e. The third kappa shape index (κ3) is 3.85. The molecule has 0 spiro atoms. The van der Waals surface area contributed by atoms with Crippen molar-refractivity contribution in [2.24, 2.45) is 0 Å². The lowest BCUT2D eigenvalue weighted by molar-refractivity contribution is 0.0795. The summed E-state index contributed by atoms with van der Waals surface area (Å²) in [6.07, 6.45) is 0. The molecule has 6 heteroatoms. The van der Waals surface area contributed by atoms with E-state index in [2.05, 4.69) is 0 Å². The van der Waals surface area contributed by atoms with Gasteiger partial charge in [-0.15, -0.1) is 0 Å². The molecule has 0 aliphatic heterocycles. The van der Waals surface area contributed by atoms with E-state index >= 15 is 0 Å². The molecule has 100 valence electrons. The van der Waals surface area contributed by atoms with E-state index in [9.17, 15) is 12.8 Å². The van der Waals surface area contributed by atoms with E-state index in [1.807, 2.05) is 23.1 Å². The molecule has 2 rings (SSSR count). The summed E-state index contributed by atoms with van der Waals surface area (Å²) in [5.41, 5.74) is 0.824. The molecule has 0 bridgehead atoms. The Bertz CT molecular complexity index is 644. The minimum atomic E-state index is -3.87. The zero-order chi connectivity index (χ0) is 13.7. The number of sulfonamides is 1. The Kier molecular flexibility index (Phi) is 4.26. The second-order valence-corrected chi connectivity index (χ2v) is 5.46. The van der Waals surface area contributed by atoms with Gasteiger partial charge in [0.15, 0.2) is 0 Å². The molecule has 0 fully saturated rings. The summed E-state index contributed by atoms with van der Waals surface area (Å²) in [6.45, 7) is 0.0926. The first-order valence-electron chi connectivity index (χ1n) is 5.51. The lowest BCUT2D eigenvalue weighted by Gasteiger charge is -2.07. The van der Waals surface area contributed by atoms with Crippen molar-refractivity contribution >= 4 is 10.0 Å². The molecule has 0 unspecified atom stereocenters. The number of hydrogen-bond donors (Lipinski definition) is 1. The molecule has 0 heterocycles. The third-order valence-electron chi connectivity index (χ3n) is 2.36. The normalized spacial score (nSPS) is 11.4. The van der Waals surface area contributed by atoms with Gasteiger partial charge >= 0.3 is 0 Å². The van der Waals surface area contributed by atoms with Crippen LogP contribution in [0.15, 0.2) is 59.5 Å². The highest BCUT2D eigenvalue weighted by Crippen LogP contribution is 2.10. The van der Waals surface area contributed by atoms with Crippen LogP contribution >= 0.6 is 0 Å². The van der Waals surface area contributed by atoms with Crippen molar-refractivity contribution < 1.29 is 17.6 Å². The number of hydrogen-bond acceptors (Lipinski definition) is 3. The minimum absolute atomic E-state index is 0.0926. The largest absolute Gasteiger partial charge is 0.282 e. The lowest BCUT2D eigenvalue weighted by atomic mass is 10.2. The summed E-state index contributed by atoms with van der Waals surface area (Å²) < 4.78 is 36.5. The van der Waals surface area contributed by atoms with E-state index in [0.717, 1.165) is 11.6 Å². The average Bonchev–Trinajstić information content (AvgIpc) is 2.40. The average molecular weight is 281 g/mol. The Hall–Kier alpha value is -1.76. The zero-order valence-electron chi connectivity index (χ0n) is 9.91. The van der Waals surface area contributed by atoms with E-state index in [-0.39, 0.29) is 11.5 Å². The van der Waals surface area contributed by atoms with Crippen LogP contribution in [0.2, 0.25) is 0 Å². The second kappa shape index (κ2) is 5.92. The van der Waals surface area contributed by atoms with E-state index in [1.54, 1.807) is 12.1 Å². The predicted octanol–water partition coefficient (Wildman–Crippen LogP) is 2.24. The van der Waals surface area contributed by atoms with Gasteiger partial charge in [0.05, 0.1) is 11.5 Å². The van der Waals surface area contributed by atoms with Gasteiger partial charge in [0, 0.05) is 0 Å². The van der Waals surface area contributed by atoms with E-state index in [1.165, 1.54) is 18.2 Å². The predicted molar refractivity (Wildman–Crippen MR) is 68.0 cm³/mol. The van der Waals surface area contributed by atoms with Crippen molar-refractivity contribution in [2.45, 2.75) is 11.5 Å². The van der Waals surface area contributed by atoms with Crippen molar-refractivity contribution in [1.29, 1.82) is 0 Å². The fraction of sp³-hybridized carbons (Fsp3) is 0.0769. The summed E-state index contributed by atoms with van der Waals surface area (Å²) in [5.74, 6) is -0.620. The maximum Gasteiger partial charge on any atom is 0.262 e. The number of rotatable bonds is 5. The van der Waals surface area contributed by atoms with E-state index < -0.39 is 15.8 Å². The standard InChI is InChI=1S/C13H12FNO3S/c14-12-7-4-8-13(9-12)19(16,17)15-18-10-11-5-2-1-3-6-11/h1-9,15H,10H2. The van der Waals surface area contributed by atoms with Crippen LogP contribution in [0.25, 0.3) is 0 Å². The molecule has 0 amide bonds. The molecule has 0 saturated carbocycles. The highest BCUT2D eigenvalue weighted by Gasteiger charge is 2.14. The molecular weight excluding hydrogens is 269 g/mol. The molecule has 1 N–H and O–H groups in total. The smallest absolute Gasteiger partial charge is 0.262 e. The highest BCUT2D eigenvalue weighted by molar-refractivity contribution is 7.89. The Morgan fingerprint density at radius 2 is 1.79 bits per heavy atom. The first-order valence-corrected chi connectivity index (χ1v) is 6.99. The third-order valence-corrected chi connectivity index (χ3v) is 3.57. The monoisotopic (exact) mass is 281 g/mol. The molecule has 0 saturated heterocycles. The fourth-order valence-corrected chi connectivity index (χ4v) is 2.28. The topological polar surface area (TPSA) is 55.4 Å². The van der Waals surface area contributed by atoms with Crippen molar-refractivity contribution in [2.75, 3.05) is 0 Å². The first kappa shape index (κ1) is 13.7. The maximum atomic E-state index is 13.0. The van der Waals surface area contributed by atoms with Gasteiger partial charge in [0.25, 0.3) is 10.0 Å². The van der Waals surface area contributed by atoms with Crippen LogP contribution in [-0.2, 0) is 21.5 Å². The van der Waals surface area contributed by atoms with Gasteiger partial charge < -0.3 is 0 Å². The van der Waals surface area contributed by atoms with Crippen LogP contribution in [0.1, 0.15) is 5.56 Å². The fourth-order valence-electron chi connectivity index (χ4n) is 1.45. The Morgan fingerprint density at radius 3 is 2.47 bits per heavy atom. The molecule has 2 aromatic carbocycles. The van der Waals surface area contributed by atoms with Gasteiger partial charge in [-0.1, -0.05) is 41.3 Å². The molecule has 19 heavy (non-hydrogen) atoms. The summed E-state index contributed by atoms with van der Waals surface area (Å²) in [7, 11) is -3.87. The summed E-state index contributed by atoms with van der Waals surface area (Å²) in [5, 5.41) is 0. The van der Waals surface area contributed by atoms with Crippen LogP contribution in [-0.4, -0.2) is 8.42 Å². The van der Waals surface area contributed by atoms with Crippen molar-refractivity contribution in [3.63, 3.8) is 0 Å². The summed E-state index contributed by atoms with van der Waals surface area (Å²) in [6, 6.07) is 13.8. The van der Waals surface area contributed by atoms with Crippen molar-refractivity contribution in [1.82, 2.24) is 4.89 Å². The Labute approximate surface area is 110 Å². The van der Waals surface area contributed by atoms with Gasteiger partial charge in [-0.05, 0) is 23.8 Å². The quantitative estimate of drug-likeness (QED) is 0.855. The first-order chi connectivity index (χ1) is 9.08. The molecule has 0 aliphatic carbocycles. The van der Waals surface area contributed by atoms with Crippen LogP contribution in [0.5, 0.6) is 0 Å². The molecular formula is C13H12FNO3S. The van der Waals surface area contributed by atoms with Crippen LogP contribution in [0.4, 0.5) is 4.39 Å². The highest BCUT2D eigenvalue weighted by atomic mass is 32.2. The molecule has 2 aromatic rings. The number of halogens is 1. The summed E-state index contributed by atoms with van der Waals surface area (Å²) >= 11 is 0. The SMILES string of the molecule is O=S(=O)(NOCc1ccccc1)c1cccc(F)c1. The Morgan fingerprint density at radius 1 is 1.05 bits per heavy atom. The molecule has 0 radical (unpaired) electrons. The van der Waals surface area contributed by atoms with Gasteiger partial charge in [-0.3, -0.25) is 4.84 Å². The van der Waals surface area contributed by atoms with Crippen molar-refractivity contribution in [3.05, 3.63) is 66.0 Å². The van der Waals surface area contributed by atoms with Gasteiger partial charge in [-0.2, -0.15) is 0 Å². The lowest BCUT2D eigenvalue weighted by Crippen LogP contribution is -2.24. The molecule has 0 aliphatic rings. The van der Waals surface area contributed by atoms with Crippen LogP contribution < -0.4 is 4.89 Å². The van der Waals surface area contributed by atoms with Crippen molar-refractivity contribution in [3.8, 4) is 0 Å². The molecule has 0 aromatic heterocycles. The molecule has 4 nitrogen and oxygen atoms in total. The van der Waals surface area contributed by atoms with Gasteiger partial charge in [0.2, 0.25) is 0 Å². The van der Waals surface area contributed by atoms with Gasteiger partial charge in [0.1, 0.15) is 5.82 Å². The second-order valence-electron chi connectivity index (χ2n) is 3.82. The van der Waals surface area contributed by atoms with Crippen LogP contribution in [0, 0.1) is 5.82 Å². The summed E-state index contributed by atoms with van der Waals surface area (Å²) in [4.78, 5) is 6.69. The van der Waals surface area contributed by atoms with Gasteiger partial charge in [-0.25, -0.2) is 12.8 Å². The molecule has 0 atom stereocenters. The number of benzene rings is 2.